The molecule has 0 radical (unpaired) electrons. The number of hydrogen-bond donors (Lipinski definition) is 0. The molecule has 0 spiro atoms. The van der Waals surface area contributed by atoms with E-state index < -0.39 is 0 Å². The Morgan fingerprint density at radius 1 is 1.11 bits per heavy atom. The molecule has 0 saturated carbocycles. The Morgan fingerprint density at radius 2 is 1.78 bits per heavy atom. The average Bonchev–Trinajstić information content (AvgIpc) is 2.37. The highest BCUT2D eigenvalue weighted by molar-refractivity contribution is 6.18. The Kier molecular flexibility index (Phi) is 3.62. The van der Waals surface area contributed by atoms with Crippen LogP contribution in [0.15, 0.2) is 18.2 Å². The normalized spacial score (nSPS) is 10.7. The molecule has 0 atom stereocenters. The molecule has 2 aromatic carbocycles. The number of benzene rings is 2. The summed E-state index contributed by atoms with van der Waals surface area (Å²) in [5.74, 6) is 1.30. The van der Waals surface area contributed by atoms with Gasteiger partial charge in [0.15, 0.2) is 0 Å². The lowest BCUT2D eigenvalue weighted by atomic mass is 9.99. The summed E-state index contributed by atoms with van der Waals surface area (Å²) < 4.78 is 24.2. The van der Waals surface area contributed by atoms with Crippen LogP contribution in [-0.4, -0.2) is 14.2 Å². The fourth-order valence-corrected chi connectivity index (χ4v) is 2.55. The standard InChI is InChI=1S/C14H14ClFO2/c1-8-12(7-15)14(18-3)11-6-9(16)4-5-10(11)13(8)17-2/h4-6H,7H2,1-3H3. The maximum Gasteiger partial charge on any atom is 0.131 e. The van der Waals surface area contributed by atoms with Crippen molar-refractivity contribution >= 4 is 22.4 Å². The molecule has 96 valence electrons. The number of halogens is 2. The first-order valence-corrected chi connectivity index (χ1v) is 6.06. The Bertz CT molecular complexity index is 596. The van der Waals surface area contributed by atoms with E-state index in [1.54, 1.807) is 20.3 Å². The van der Waals surface area contributed by atoms with Crippen LogP contribution in [0.3, 0.4) is 0 Å². The number of ether oxygens (including phenoxy) is 2. The summed E-state index contributed by atoms with van der Waals surface area (Å²) >= 11 is 5.96. The lowest BCUT2D eigenvalue weighted by Crippen LogP contribution is -1.99. The fourth-order valence-electron chi connectivity index (χ4n) is 2.23. The Hall–Kier alpha value is -1.48. The van der Waals surface area contributed by atoms with Crippen LogP contribution < -0.4 is 9.47 Å². The van der Waals surface area contributed by atoms with Crippen LogP contribution in [0.5, 0.6) is 11.5 Å². The highest BCUT2D eigenvalue weighted by Gasteiger charge is 2.17. The van der Waals surface area contributed by atoms with Gasteiger partial charge in [-0.25, -0.2) is 4.39 Å². The van der Waals surface area contributed by atoms with Gasteiger partial charge in [-0.1, -0.05) is 0 Å². The number of fused-ring (bicyclic) bond motifs is 1. The molecule has 2 nitrogen and oxygen atoms in total. The predicted octanol–water partition coefficient (Wildman–Crippen LogP) is 4.04. The van der Waals surface area contributed by atoms with Crippen LogP contribution in [0.25, 0.3) is 10.8 Å². The van der Waals surface area contributed by atoms with E-state index in [0.29, 0.717) is 16.9 Å². The van der Waals surface area contributed by atoms with Gasteiger partial charge in [0.1, 0.15) is 17.3 Å². The minimum Gasteiger partial charge on any atom is -0.496 e. The Labute approximate surface area is 110 Å². The predicted molar refractivity (Wildman–Crippen MR) is 71.3 cm³/mol. The topological polar surface area (TPSA) is 18.5 Å². The highest BCUT2D eigenvalue weighted by atomic mass is 35.5. The summed E-state index contributed by atoms with van der Waals surface area (Å²) in [6.45, 7) is 1.92. The minimum absolute atomic E-state index is 0.290. The number of rotatable bonds is 3. The van der Waals surface area contributed by atoms with Crippen molar-refractivity contribution in [3.8, 4) is 11.5 Å². The van der Waals surface area contributed by atoms with Crippen LogP contribution in [-0.2, 0) is 5.88 Å². The van der Waals surface area contributed by atoms with E-state index in [-0.39, 0.29) is 11.7 Å². The average molecular weight is 269 g/mol. The van der Waals surface area contributed by atoms with Gasteiger partial charge in [0.2, 0.25) is 0 Å². The molecule has 0 amide bonds. The molecule has 0 bridgehead atoms. The van der Waals surface area contributed by atoms with Gasteiger partial charge in [-0.05, 0) is 30.7 Å². The van der Waals surface area contributed by atoms with Gasteiger partial charge in [0.05, 0.1) is 20.1 Å². The first kappa shape index (κ1) is 13.0. The molecule has 0 fully saturated rings. The van der Waals surface area contributed by atoms with E-state index in [9.17, 15) is 4.39 Å². The molecule has 0 aliphatic carbocycles. The van der Waals surface area contributed by atoms with Crippen molar-refractivity contribution in [3.63, 3.8) is 0 Å². The summed E-state index contributed by atoms with van der Waals surface area (Å²) in [6, 6.07) is 4.54. The third-order valence-corrected chi connectivity index (χ3v) is 3.35. The highest BCUT2D eigenvalue weighted by Crippen LogP contribution is 2.41. The molecule has 0 aliphatic rings. The van der Waals surface area contributed by atoms with Crippen LogP contribution >= 0.6 is 11.6 Å². The molecule has 18 heavy (non-hydrogen) atoms. The minimum atomic E-state index is -0.313. The van der Waals surface area contributed by atoms with E-state index in [1.807, 2.05) is 6.92 Å². The zero-order valence-corrected chi connectivity index (χ0v) is 11.3. The Morgan fingerprint density at radius 3 is 2.33 bits per heavy atom. The quantitative estimate of drug-likeness (QED) is 0.782. The molecular weight excluding hydrogens is 255 g/mol. The van der Waals surface area contributed by atoms with Gasteiger partial charge in [-0.2, -0.15) is 0 Å². The lowest BCUT2D eigenvalue weighted by molar-refractivity contribution is 0.405. The third kappa shape index (κ3) is 1.89. The molecule has 2 aromatic rings. The molecule has 0 aromatic heterocycles. The fraction of sp³-hybridized carbons (Fsp3) is 0.286. The second-order valence-electron chi connectivity index (χ2n) is 3.99. The van der Waals surface area contributed by atoms with Crippen LogP contribution in [0.2, 0.25) is 0 Å². The van der Waals surface area contributed by atoms with Crippen molar-refractivity contribution < 1.29 is 13.9 Å². The first-order valence-electron chi connectivity index (χ1n) is 5.52. The monoisotopic (exact) mass is 268 g/mol. The summed E-state index contributed by atoms with van der Waals surface area (Å²) in [6.07, 6.45) is 0. The SMILES string of the molecule is COc1c(C)c(CCl)c(OC)c2cc(F)ccc12. The number of hydrogen-bond acceptors (Lipinski definition) is 2. The molecule has 2 rings (SSSR count). The summed E-state index contributed by atoms with van der Waals surface area (Å²) in [4.78, 5) is 0. The van der Waals surface area contributed by atoms with Crippen LogP contribution in [0.1, 0.15) is 11.1 Å². The van der Waals surface area contributed by atoms with Gasteiger partial charge in [0.25, 0.3) is 0 Å². The smallest absolute Gasteiger partial charge is 0.131 e. The van der Waals surface area contributed by atoms with E-state index >= 15 is 0 Å². The molecule has 0 N–H and O–H groups in total. The van der Waals surface area contributed by atoms with Crippen LogP contribution in [0.4, 0.5) is 4.39 Å². The summed E-state index contributed by atoms with van der Waals surface area (Å²) in [5, 5.41) is 1.50. The van der Waals surface area contributed by atoms with Gasteiger partial charge >= 0.3 is 0 Å². The zero-order valence-electron chi connectivity index (χ0n) is 10.5. The van der Waals surface area contributed by atoms with Gasteiger partial charge < -0.3 is 9.47 Å². The molecule has 4 heteroatoms. The van der Waals surface area contributed by atoms with Crippen molar-refractivity contribution in [2.45, 2.75) is 12.8 Å². The van der Waals surface area contributed by atoms with E-state index in [2.05, 4.69) is 0 Å². The summed E-state index contributed by atoms with van der Waals surface area (Å²) in [7, 11) is 3.15. The second kappa shape index (κ2) is 5.02. The van der Waals surface area contributed by atoms with E-state index in [1.165, 1.54) is 12.1 Å². The third-order valence-electron chi connectivity index (χ3n) is 3.08. The van der Waals surface area contributed by atoms with E-state index in [0.717, 1.165) is 16.5 Å². The molecular formula is C14H14ClFO2. The maximum absolute atomic E-state index is 13.4. The number of alkyl halides is 1. The molecule has 0 unspecified atom stereocenters. The van der Waals surface area contributed by atoms with Crippen molar-refractivity contribution in [1.82, 2.24) is 0 Å². The zero-order chi connectivity index (χ0) is 13.3. The maximum atomic E-state index is 13.4. The van der Waals surface area contributed by atoms with Crippen molar-refractivity contribution in [3.05, 3.63) is 35.1 Å². The second-order valence-corrected chi connectivity index (χ2v) is 4.26. The van der Waals surface area contributed by atoms with Gasteiger partial charge in [0, 0.05) is 16.3 Å². The first-order chi connectivity index (χ1) is 8.63. The van der Waals surface area contributed by atoms with Gasteiger partial charge in [-0.3, -0.25) is 0 Å². The molecule has 0 saturated heterocycles. The lowest BCUT2D eigenvalue weighted by Gasteiger charge is -2.17. The number of methoxy groups -OCH3 is 2. The Balaban J connectivity index is 2.96. The summed E-state index contributed by atoms with van der Waals surface area (Å²) in [5.41, 5.74) is 1.75. The molecule has 0 aliphatic heterocycles. The van der Waals surface area contributed by atoms with E-state index in [4.69, 9.17) is 21.1 Å². The molecule has 0 heterocycles. The van der Waals surface area contributed by atoms with Crippen LogP contribution in [0, 0.1) is 12.7 Å². The van der Waals surface area contributed by atoms with Crippen molar-refractivity contribution in [2.75, 3.05) is 14.2 Å². The largest absolute Gasteiger partial charge is 0.496 e. The van der Waals surface area contributed by atoms with Crippen molar-refractivity contribution in [1.29, 1.82) is 0 Å². The van der Waals surface area contributed by atoms with Gasteiger partial charge in [-0.15, -0.1) is 11.6 Å². The van der Waals surface area contributed by atoms with Crippen molar-refractivity contribution in [2.24, 2.45) is 0 Å².